The van der Waals surface area contributed by atoms with E-state index in [2.05, 4.69) is 10.1 Å². The van der Waals surface area contributed by atoms with Gasteiger partial charge in [-0.3, -0.25) is 9.48 Å². The van der Waals surface area contributed by atoms with Gasteiger partial charge in [0.05, 0.1) is 25.0 Å². The van der Waals surface area contributed by atoms with Crippen molar-refractivity contribution in [1.82, 2.24) is 14.8 Å². The number of hydrogen-bond donors (Lipinski definition) is 0. The van der Waals surface area contributed by atoms with Gasteiger partial charge in [0.2, 0.25) is 5.88 Å². The molecule has 0 N–H and O–H groups in total. The number of oxazole rings is 1. The first-order chi connectivity index (χ1) is 18.6. The number of aldehydes is 1. The number of ether oxygens (including phenoxy) is 3. The number of carbonyl (C=O) groups excluding carboxylic acids is 1. The Hall–Kier alpha value is -4.79. The van der Waals surface area contributed by atoms with Crippen molar-refractivity contribution in [3.63, 3.8) is 0 Å². The van der Waals surface area contributed by atoms with Crippen molar-refractivity contribution < 1.29 is 27.8 Å². The molecule has 3 aromatic heterocycles. The molecule has 9 heteroatoms. The Balaban J connectivity index is 1.25. The molecule has 0 saturated carbocycles. The van der Waals surface area contributed by atoms with Gasteiger partial charge in [-0.25, -0.2) is 4.98 Å². The van der Waals surface area contributed by atoms with E-state index >= 15 is 0 Å². The minimum atomic E-state index is 0.202. The van der Waals surface area contributed by atoms with Crippen LogP contribution in [0, 0.1) is 6.92 Å². The monoisotopic (exact) mass is 513 g/mol. The van der Waals surface area contributed by atoms with Crippen molar-refractivity contribution in [3.8, 4) is 29.0 Å². The van der Waals surface area contributed by atoms with Crippen LogP contribution in [0.1, 0.15) is 39.9 Å². The normalized spacial score (nSPS) is 10.9. The Morgan fingerprint density at radius 3 is 2.58 bits per heavy atom. The standard InChI is InChI=1S/C29H27N3O6/c1-3-34-27-14-22(18-37-28-23(17-33)16-32(31-28)15-21-8-5-4-6-9-21)11-12-25(27)36-19-24-20(2)38-29(30-24)26-10-7-13-35-26/h4-14,16-17H,3,15,18-19H2,1-2H3. The van der Waals surface area contributed by atoms with E-state index in [1.807, 2.05) is 62.4 Å². The third-order valence-electron chi connectivity index (χ3n) is 5.74. The van der Waals surface area contributed by atoms with Crippen LogP contribution in [0.4, 0.5) is 0 Å². The highest BCUT2D eigenvalue weighted by molar-refractivity contribution is 5.77. The molecule has 2 aromatic carbocycles. The minimum Gasteiger partial charge on any atom is -0.490 e. The Bertz CT molecular complexity index is 1490. The van der Waals surface area contributed by atoms with E-state index in [-0.39, 0.29) is 19.1 Å². The van der Waals surface area contributed by atoms with Crippen molar-refractivity contribution in [3.05, 3.63) is 101 Å². The molecule has 0 atom stereocenters. The molecule has 5 aromatic rings. The summed E-state index contributed by atoms with van der Waals surface area (Å²) in [5.41, 5.74) is 2.98. The summed E-state index contributed by atoms with van der Waals surface area (Å²) in [6.45, 7) is 5.15. The first-order valence-electron chi connectivity index (χ1n) is 12.2. The lowest BCUT2D eigenvalue weighted by Gasteiger charge is -2.13. The maximum absolute atomic E-state index is 11.6. The Kier molecular flexibility index (Phi) is 7.54. The van der Waals surface area contributed by atoms with E-state index < -0.39 is 0 Å². The lowest BCUT2D eigenvalue weighted by atomic mass is 10.2. The summed E-state index contributed by atoms with van der Waals surface area (Å²) >= 11 is 0. The van der Waals surface area contributed by atoms with E-state index in [0.717, 1.165) is 17.4 Å². The molecule has 0 unspecified atom stereocenters. The number of carbonyl (C=O) groups is 1. The largest absolute Gasteiger partial charge is 0.490 e. The SMILES string of the molecule is CCOc1cc(COc2nn(Cc3ccccc3)cc2C=O)ccc1OCc1nc(-c2ccco2)oc1C. The van der Waals surface area contributed by atoms with Gasteiger partial charge in [0.1, 0.15) is 24.7 Å². The van der Waals surface area contributed by atoms with E-state index in [4.69, 9.17) is 23.0 Å². The summed E-state index contributed by atoms with van der Waals surface area (Å²) < 4.78 is 30.5. The van der Waals surface area contributed by atoms with Crippen LogP contribution in [-0.2, 0) is 19.8 Å². The number of rotatable bonds is 12. The van der Waals surface area contributed by atoms with Gasteiger partial charge < -0.3 is 23.0 Å². The minimum absolute atomic E-state index is 0.202. The molecular formula is C29H27N3O6. The van der Waals surface area contributed by atoms with Crippen LogP contribution >= 0.6 is 0 Å². The zero-order valence-corrected chi connectivity index (χ0v) is 21.1. The van der Waals surface area contributed by atoms with E-state index in [1.165, 1.54) is 0 Å². The zero-order valence-electron chi connectivity index (χ0n) is 21.1. The molecule has 0 amide bonds. The lowest BCUT2D eigenvalue weighted by molar-refractivity contribution is 0.111. The first kappa shape index (κ1) is 24.9. The Morgan fingerprint density at radius 2 is 1.82 bits per heavy atom. The van der Waals surface area contributed by atoms with Crippen LogP contribution in [0.2, 0.25) is 0 Å². The Labute approximate surface area is 219 Å². The number of hydrogen-bond acceptors (Lipinski definition) is 8. The molecule has 38 heavy (non-hydrogen) atoms. The fourth-order valence-corrected chi connectivity index (χ4v) is 3.86. The maximum atomic E-state index is 11.6. The van der Waals surface area contributed by atoms with Crippen molar-refractivity contribution in [2.75, 3.05) is 6.61 Å². The molecule has 0 saturated heterocycles. The third-order valence-corrected chi connectivity index (χ3v) is 5.74. The molecule has 3 heterocycles. The number of benzene rings is 2. The highest BCUT2D eigenvalue weighted by atomic mass is 16.5. The van der Waals surface area contributed by atoms with Crippen LogP contribution in [0.15, 0.2) is 82.0 Å². The first-order valence-corrected chi connectivity index (χ1v) is 12.2. The topological polar surface area (TPSA) is 102 Å². The summed E-state index contributed by atoms with van der Waals surface area (Å²) in [5.74, 6) is 3.04. The van der Waals surface area contributed by atoms with Crippen LogP contribution in [0.5, 0.6) is 17.4 Å². The van der Waals surface area contributed by atoms with Gasteiger partial charge in [0, 0.05) is 6.20 Å². The summed E-state index contributed by atoms with van der Waals surface area (Å²) in [7, 11) is 0. The molecule has 0 aliphatic rings. The quantitative estimate of drug-likeness (QED) is 0.191. The molecule has 0 fully saturated rings. The van der Waals surface area contributed by atoms with E-state index in [0.29, 0.717) is 53.3 Å². The Morgan fingerprint density at radius 1 is 0.947 bits per heavy atom. The smallest absolute Gasteiger partial charge is 0.263 e. The van der Waals surface area contributed by atoms with Gasteiger partial charge in [0.25, 0.3) is 5.89 Å². The number of nitrogens with zero attached hydrogens (tertiary/aromatic N) is 3. The number of aryl methyl sites for hydroxylation is 1. The third kappa shape index (κ3) is 5.78. The predicted molar refractivity (Wildman–Crippen MR) is 138 cm³/mol. The summed E-state index contributed by atoms with van der Waals surface area (Å²) in [6, 6.07) is 19.0. The van der Waals surface area contributed by atoms with E-state index in [1.54, 1.807) is 29.3 Å². The van der Waals surface area contributed by atoms with Gasteiger partial charge in [-0.15, -0.1) is 5.10 Å². The highest BCUT2D eigenvalue weighted by Gasteiger charge is 2.16. The van der Waals surface area contributed by atoms with Crippen LogP contribution in [-0.4, -0.2) is 27.7 Å². The van der Waals surface area contributed by atoms with Crippen molar-refractivity contribution >= 4 is 6.29 Å². The molecule has 9 nitrogen and oxygen atoms in total. The number of furan rings is 1. The molecule has 0 aliphatic carbocycles. The summed E-state index contributed by atoms with van der Waals surface area (Å²) in [5, 5.41) is 4.44. The molecule has 0 radical (unpaired) electrons. The molecule has 194 valence electrons. The summed E-state index contributed by atoms with van der Waals surface area (Å²) in [4.78, 5) is 16.1. The van der Waals surface area contributed by atoms with Gasteiger partial charge in [0.15, 0.2) is 23.5 Å². The van der Waals surface area contributed by atoms with Gasteiger partial charge in [-0.1, -0.05) is 36.4 Å². The van der Waals surface area contributed by atoms with Crippen molar-refractivity contribution in [2.45, 2.75) is 33.6 Å². The zero-order chi connectivity index (χ0) is 26.3. The van der Waals surface area contributed by atoms with Gasteiger partial charge in [-0.05, 0) is 49.2 Å². The van der Waals surface area contributed by atoms with Crippen molar-refractivity contribution in [1.29, 1.82) is 0 Å². The van der Waals surface area contributed by atoms with Crippen LogP contribution in [0.25, 0.3) is 11.7 Å². The molecule has 0 aliphatic heterocycles. The maximum Gasteiger partial charge on any atom is 0.263 e. The average Bonchev–Trinajstić information content (AvgIpc) is 3.68. The second-order valence-corrected chi connectivity index (χ2v) is 8.48. The van der Waals surface area contributed by atoms with Gasteiger partial charge >= 0.3 is 0 Å². The highest BCUT2D eigenvalue weighted by Crippen LogP contribution is 2.31. The van der Waals surface area contributed by atoms with Crippen LogP contribution in [0.3, 0.4) is 0 Å². The molecule has 5 rings (SSSR count). The predicted octanol–water partition coefficient (Wildman–Crippen LogP) is 5.86. The lowest BCUT2D eigenvalue weighted by Crippen LogP contribution is -2.04. The van der Waals surface area contributed by atoms with Crippen LogP contribution < -0.4 is 14.2 Å². The fraction of sp³-hybridized carbons (Fsp3) is 0.207. The second kappa shape index (κ2) is 11.5. The average molecular weight is 514 g/mol. The van der Waals surface area contributed by atoms with Crippen molar-refractivity contribution in [2.24, 2.45) is 0 Å². The molecule has 0 bridgehead atoms. The van der Waals surface area contributed by atoms with Gasteiger partial charge in [-0.2, -0.15) is 0 Å². The van der Waals surface area contributed by atoms with E-state index in [9.17, 15) is 4.79 Å². The fourth-order valence-electron chi connectivity index (χ4n) is 3.86. The molecule has 0 spiro atoms. The molecular weight excluding hydrogens is 486 g/mol. The second-order valence-electron chi connectivity index (χ2n) is 8.48. The number of aromatic nitrogens is 3. The summed E-state index contributed by atoms with van der Waals surface area (Å²) in [6.07, 6.45) is 4.00.